The van der Waals surface area contributed by atoms with Gasteiger partial charge >= 0.3 is 0 Å². The second kappa shape index (κ2) is 9.54. The summed E-state index contributed by atoms with van der Waals surface area (Å²) in [5.74, 6) is 0. The summed E-state index contributed by atoms with van der Waals surface area (Å²) in [5.41, 5.74) is 0. The fourth-order valence-corrected chi connectivity index (χ4v) is 0. The van der Waals surface area contributed by atoms with Crippen molar-refractivity contribution in [2.24, 2.45) is 0 Å². The lowest BCUT2D eigenvalue weighted by atomic mass is 10.8. The number of aliphatic hydroxyl groups excluding tert-OH is 1. The van der Waals surface area contributed by atoms with Crippen molar-refractivity contribution in [3.8, 4) is 0 Å². The molecule has 0 spiro atoms. The predicted molar refractivity (Wildman–Crippen MR) is 26.0 cm³/mol. The molecule has 0 aliphatic carbocycles. The van der Waals surface area contributed by atoms with Gasteiger partial charge in [0.1, 0.15) is 6.29 Å². The van der Waals surface area contributed by atoms with Gasteiger partial charge in [-0.2, -0.15) is 0 Å². The first-order valence-electron chi connectivity index (χ1n) is 1.90. The lowest BCUT2D eigenvalue weighted by Crippen LogP contribution is -1.92. The molecule has 0 unspecified atom stereocenters. The zero-order valence-electron chi connectivity index (χ0n) is 4.44. The van der Waals surface area contributed by atoms with E-state index in [0.717, 1.165) is 0 Å². The largest absolute Gasteiger partial charge is 0.368 e. The van der Waals surface area contributed by atoms with Gasteiger partial charge in [-0.05, 0) is 6.92 Å². The first-order chi connectivity index (χ1) is 3.65. The number of carbonyl (C=O) groups is 2. The molecule has 8 heavy (non-hydrogen) atoms. The molecule has 4 nitrogen and oxygen atoms in total. The SMILES string of the molecule is CC(O)O.O=CC=O. The molecule has 0 aromatic heterocycles. The summed E-state index contributed by atoms with van der Waals surface area (Å²) < 4.78 is 0. The fourth-order valence-electron chi connectivity index (χ4n) is 0. The molecular weight excluding hydrogens is 112 g/mol. The summed E-state index contributed by atoms with van der Waals surface area (Å²) in [6.45, 7) is 1.28. The van der Waals surface area contributed by atoms with Gasteiger partial charge in [-0.1, -0.05) is 0 Å². The van der Waals surface area contributed by atoms with Gasteiger partial charge in [0.05, 0.1) is 0 Å². The molecule has 0 bridgehead atoms. The molecule has 0 aromatic carbocycles. The lowest BCUT2D eigenvalue weighted by molar-refractivity contribution is -0.122. The van der Waals surface area contributed by atoms with Crippen molar-refractivity contribution in [1.29, 1.82) is 0 Å². The summed E-state index contributed by atoms with van der Waals surface area (Å²) in [6, 6.07) is 0. The fraction of sp³-hybridized carbons (Fsp3) is 0.500. The Kier molecular flexibility index (Phi) is 12.3. The summed E-state index contributed by atoms with van der Waals surface area (Å²) in [6.07, 6.45) is -0.778. The summed E-state index contributed by atoms with van der Waals surface area (Å²) in [7, 11) is 0. The van der Waals surface area contributed by atoms with Crippen LogP contribution >= 0.6 is 0 Å². The second-order valence-electron chi connectivity index (χ2n) is 0.904. The van der Waals surface area contributed by atoms with E-state index < -0.39 is 6.29 Å². The summed E-state index contributed by atoms with van der Waals surface area (Å²) >= 11 is 0. The molecule has 0 saturated heterocycles. The van der Waals surface area contributed by atoms with E-state index in [4.69, 9.17) is 19.8 Å². The average Bonchev–Trinajstić information content (AvgIpc) is 1.65. The minimum atomic E-state index is -1.17. The molecule has 0 fully saturated rings. The van der Waals surface area contributed by atoms with Crippen molar-refractivity contribution in [3.05, 3.63) is 0 Å². The Bertz CT molecular complexity index is 50.3. The van der Waals surface area contributed by atoms with E-state index in [1.54, 1.807) is 0 Å². The standard InChI is InChI=1S/C2H6O2.C2H2O2/c1-2(3)4;3-1-2-4/h2-4H,1H3;1-2H. The zero-order valence-corrected chi connectivity index (χ0v) is 4.44. The molecule has 0 heterocycles. The van der Waals surface area contributed by atoms with Crippen LogP contribution in [0, 0.1) is 0 Å². The molecule has 4 heteroatoms. The normalized spacial score (nSPS) is 7.00. The maximum atomic E-state index is 8.81. The zero-order chi connectivity index (χ0) is 6.99. The Morgan fingerprint density at radius 2 is 1.38 bits per heavy atom. The van der Waals surface area contributed by atoms with E-state index in [1.807, 2.05) is 0 Å². The van der Waals surface area contributed by atoms with Gasteiger partial charge in [-0.25, -0.2) is 0 Å². The second-order valence-corrected chi connectivity index (χ2v) is 0.904. The third-order valence-corrected chi connectivity index (χ3v) is 0.0556. The molecule has 0 amide bonds. The topological polar surface area (TPSA) is 74.6 Å². The van der Waals surface area contributed by atoms with Gasteiger partial charge in [0, 0.05) is 0 Å². The first-order valence-corrected chi connectivity index (χ1v) is 1.90. The average molecular weight is 120 g/mol. The van der Waals surface area contributed by atoms with Crippen LogP contribution in [0.25, 0.3) is 0 Å². The van der Waals surface area contributed by atoms with E-state index in [-0.39, 0.29) is 12.6 Å². The Hall–Kier alpha value is -0.740. The van der Waals surface area contributed by atoms with Crippen LogP contribution in [0.5, 0.6) is 0 Å². The van der Waals surface area contributed by atoms with Crippen molar-refractivity contribution >= 4 is 12.6 Å². The van der Waals surface area contributed by atoms with Gasteiger partial charge in [0.2, 0.25) is 0 Å². The molecule has 0 aliphatic heterocycles. The molecular formula is C4H8O4. The van der Waals surface area contributed by atoms with Gasteiger partial charge in [0.15, 0.2) is 12.6 Å². The van der Waals surface area contributed by atoms with Crippen LogP contribution < -0.4 is 0 Å². The highest BCUT2D eigenvalue weighted by Crippen LogP contribution is 1.57. The van der Waals surface area contributed by atoms with Gasteiger partial charge in [0.25, 0.3) is 0 Å². The van der Waals surface area contributed by atoms with Crippen molar-refractivity contribution in [2.45, 2.75) is 13.2 Å². The van der Waals surface area contributed by atoms with Crippen LogP contribution in [0.3, 0.4) is 0 Å². The summed E-state index contributed by atoms with van der Waals surface area (Å²) in [5, 5.41) is 15.2. The smallest absolute Gasteiger partial charge is 0.182 e. The van der Waals surface area contributed by atoms with E-state index in [2.05, 4.69) is 0 Å². The highest BCUT2D eigenvalue weighted by atomic mass is 16.5. The third kappa shape index (κ3) is 1410. The van der Waals surface area contributed by atoms with Crippen LogP contribution in [-0.4, -0.2) is 29.1 Å². The molecule has 0 atom stereocenters. The van der Waals surface area contributed by atoms with Crippen LogP contribution in [0.15, 0.2) is 0 Å². The Morgan fingerprint density at radius 1 is 1.25 bits per heavy atom. The van der Waals surface area contributed by atoms with E-state index in [1.165, 1.54) is 6.92 Å². The highest BCUT2D eigenvalue weighted by molar-refractivity contribution is 6.09. The maximum absolute atomic E-state index is 8.81. The lowest BCUT2D eigenvalue weighted by Gasteiger charge is -1.80. The quantitative estimate of drug-likeness (QED) is 0.256. The molecule has 0 aliphatic rings. The minimum absolute atomic E-state index is 0.194. The van der Waals surface area contributed by atoms with Crippen molar-refractivity contribution in [2.75, 3.05) is 0 Å². The number of hydrogen-bond donors (Lipinski definition) is 2. The molecule has 48 valence electrons. The molecule has 0 radical (unpaired) electrons. The van der Waals surface area contributed by atoms with Crippen LogP contribution in [-0.2, 0) is 9.59 Å². The molecule has 2 N–H and O–H groups in total. The van der Waals surface area contributed by atoms with Crippen LogP contribution in [0.2, 0.25) is 0 Å². The monoisotopic (exact) mass is 120 g/mol. The van der Waals surface area contributed by atoms with E-state index in [0.29, 0.717) is 0 Å². The Labute approximate surface area is 46.8 Å². The highest BCUT2D eigenvalue weighted by Gasteiger charge is 1.70. The maximum Gasteiger partial charge on any atom is 0.182 e. The third-order valence-electron chi connectivity index (χ3n) is 0.0556. The van der Waals surface area contributed by atoms with Crippen molar-refractivity contribution in [1.82, 2.24) is 0 Å². The first kappa shape index (κ1) is 10.3. The van der Waals surface area contributed by atoms with Gasteiger partial charge < -0.3 is 10.2 Å². The van der Waals surface area contributed by atoms with E-state index >= 15 is 0 Å². The minimum Gasteiger partial charge on any atom is -0.368 e. The molecule has 0 aromatic rings. The number of aldehydes is 2. The summed E-state index contributed by atoms with van der Waals surface area (Å²) in [4.78, 5) is 17.6. The predicted octanol–water partition coefficient (Wildman–Crippen LogP) is -1.30. The number of carbonyl (C=O) groups excluding carboxylic acids is 2. The van der Waals surface area contributed by atoms with Crippen LogP contribution in [0.1, 0.15) is 6.92 Å². The van der Waals surface area contributed by atoms with Crippen molar-refractivity contribution in [3.63, 3.8) is 0 Å². The van der Waals surface area contributed by atoms with Gasteiger partial charge in [-0.3, -0.25) is 9.59 Å². The Morgan fingerprint density at radius 3 is 1.38 bits per heavy atom. The Balaban J connectivity index is 0. The van der Waals surface area contributed by atoms with Crippen LogP contribution in [0.4, 0.5) is 0 Å². The van der Waals surface area contributed by atoms with E-state index in [9.17, 15) is 0 Å². The molecule has 0 saturated carbocycles. The number of hydrogen-bond acceptors (Lipinski definition) is 4. The molecule has 0 rings (SSSR count). The number of aliphatic hydroxyl groups is 2. The van der Waals surface area contributed by atoms with Crippen molar-refractivity contribution < 1.29 is 19.8 Å². The number of rotatable bonds is 1. The van der Waals surface area contributed by atoms with Gasteiger partial charge in [-0.15, -0.1) is 0 Å².